The molecule has 23 heavy (non-hydrogen) atoms. The second-order valence-corrected chi connectivity index (χ2v) is 7.13. The molecule has 1 aromatic carbocycles. The molecular formula is C19H22N2OS. The van der Waals surface area contributed by atoms with Gasteiger partial charge in [0, 0.05) is 35.2 Å². The Morgan fingerprint density at radius 2 is 1.96 bits per heavy atom. The standard InChI is InChI=1S/C19H22N2OS/c22-19(12-15-4-1-2-5-15)21-17-7-9-18(10-8-17)23-14-16-6-3-11-20-13-16/h3,6-11,13,15H,1-2,4-5,12,14H2,(H,21,22). The molecule has 1 heterocycles. The van der Waals surface area contributed by atoms with Crippen molar-refractivity contribution in [3.05, 3.63) is 54.4 Å². The molecule has 0 spiro atoms. The predicted molar refractivity (Wildman–Crippen MR) is 95.4 cm³/mol. The van der Waals surface area contributed by atoms with Gasteiger partial charge in [-0.1, -0.05) is 18.9 Å². The third-order valence-corrected chi connectivity index (χ3v) is 5.30. The average molecular weight is 326 g/mol. The van der Waals surface area contributed by atoms with Crippen LogP contribution in [0.3, 0.4) is 0 Å². The van der Waals surface area contributed by atoms with Crippen molar-refractivity contribution in [1.82, 2.24) is 4.98 Å². The van der Waals surface area contributed by atoms with Crippen molar-refractivity contribution in [2.45, 2.75) is 42.8 Å². The molecule has 0 bridgehead atoms. The molecule has 0 unspecified atom stereocenters. The van der Waals surface area contributed by atoms with Crippen molar-refractivity contribution in [2.75, 3.05) is 5.32 Å². The van der Waals surface area contributed by atoms with Gasteiger partial charge in [-0.15, -0.1) is 11.8 Å². The van der Waals surface area contributed by atoms with E-state index in [1.165, 1.54) is 36.1 Å². The topological polar surface area (TPSA) is 42.0 Å². The van der Waals surface area contributed by atoms with Gasteiger partial charge in [-0.3, -0.25) is 9.78 Å². The number of thioether (sulfide) groups is 1. The number of anilines is 1. The van der Waals surface area contributed by atoms with Gasteiger partial charge in [-0.05, 0) is 54.7 Å². The molecule has 1 N–H and O–H groups in total. The Morgan fingerprint density at radius 1 is 1.17 bits per heavy atom. The molecule has 1 aliphatic rings. The molecule has 1 fully saturated rings. The molecule has 3 rings (SSSR count). The summed E-state index contributed by atoms with van der Waals surface area (Å²) in [6.45, 7) is 0. The molecule has 1 amide bonds. The first-order valence-electron chi connectivity index (χ1n) is 8.21. The van der Waals surface area contributed by atoms with Crippen LogP contribution < -0.4 is 5.32 Å². The Morgan fingerprint density at radius 3 is 2.65 bits per heavy atom. The van der Waals surface area contributed by atoms with Crippen LogP contribution in [-0.4, -0.2) is 10.9 Å². The lowest BCUT2D eigenvalue weighted by Crippen LogP contribution is -2.14. The Hall–Kier alpha value is -1.81. The maximum Gasteiger partial charge on any atom is 0.224 e. The fraction of sp³-hybridized carbons (Fsp3) is 0.368. The molecule has 1 aliphatic carbocycles. The van der Waals surface area contributed by atoms with E-state index < -0.39 is 0 Å². The summed E-state index contributed by atoms with van der Waals surface area (Å²) in [5.41, 5.74) is 2.10. The van der Waals surface area contributed by atoms with Crippen LogP contribution in [0.15, 0.2) is 53.7 Å². The summed E-state index contributed by atoms with van der Waals surface area (Å²) in [5, 5.41) is 3.01. The zero-order valence-electron chi connectivity index (χ0n) is 13.2. The van der Waals surface area contributed by atoms with E-state index in [-0.39, 0.29) is 5.91 Å². The summed E-state index contributed by atoms with van der Waals surface area (Å²) in [4.78, 5) is 17.4. The number of hydrogen-bond donors (Lipinski definition) is 1. The fourth-order valence-corrected chi connectivity index (χ4v) is 3.81. The van der Waals surface area contributed by atoms with Gasteiger partial charge < -0.3 is 5.32 Å². The molecule has 0 atom stereocenters. The van der Waals surface area contributed by atoms with E-state index in [0.717, 1.165) is 11.4 Å². The maximum absolute atomic E-state index is 12.0. The molecular weight excluding hydrogens is 304 g/mol. The second-order valence-electron chi connectivity index (χ2n) is 6.08. The van der Waals surface area contributed by atoms with E-state index in [1.807, 2.05) is 24.4 Å². The minimum Gasteiger partial charge on any atom is -0.326 e. The van der Waals surface area contributed by atoms with E-state index in [9.17, 15) is 4.79 Å². The fourth-order valence-electron chi connectivity index (χ4n) is 2.97. The number of pyridine rings is 1. The molecule has 2 aromatic rings. The van der Waals surface area contributed by atoms with Crippen LogP contribution >= 0.6 is 11.8 Å². The number of hydrogen-bond acceptors (Lipinski definition) is 3. The first-order valence-corrected chi connectivity index (χ1v) is 9.20. The third kappa shape index (κ3) is 5.10. The van der Waals surface area contributed by atoms with Crippen LogP contribution in [-0.2, 0) is 10.5 Å². The third-order valence-electron chi connectivity index (χ3n) is 4.22. The SMILES string of the molecule is O=C(CC1CCCC1)Nc1ccc(SCc2cccnc2)cc1. The van der Waals surface area contributed by atoms with Crippen molar-refractivity contribution >= 4 is 23.4 Å². The van der Waals surface area contributed by atoms with Crippen molar-refractivity contribution in [2.24, 2.45) is 5.92 Å². The number of aromatic nitrogens is 1. The Bertz CT molecular complexity index is 622. The number of carbonyl (C=O) groups is 1. The highest BCUT2D eigenvalue weighted by molar-refractivity contribution is 7.98. The molecule has 0 saturated heterocycles. The van der Waals surface area contributed by atoms with Crippen molar-refractivity contribution in [3.63, 3.8) is 0 Å². The van der Waals surface area contributed by atoms with Gasteiger partial charge >= 0.3 is 0 Å². The number of benzene rings is 1. The zero-order valence-corrected chi connectivity index (χ0v) is 14.0. The molecule has 1 aromatic heterocycles. The van der Waals surface area contributed by atoms with Gasteiger partial charge in [0.15, 0.2) is 0 Å². The summed E-state index contributed by atoms with van der Waals surface area (Å²) >= 11 is 1.77. The minimum absolute atomic E-state index is 0.146. The summed E-state index contributed by atoms with van der Waals surface area (Å²) in [6.07, 6.45) is 9.32. The maximum atomic E-state index is 12.0. The summed E-state index contributed by atoms with van der Waals surface area (Å²) in [5.74, 6) is 1.64. The van der Waals surface area contributed by atoms with Crippen LogP contribution in [0.25, 0.3) is 0 Å². The van der Waals surface area contributed by atoms with Crippen molar-refractivity contribution in [1.29, 1.82) is 0 Å². The summed E-state index contributed by atoms with van der Waals surface area (Å²) < 4.78 is 0. The van der Waals surface area contributed by atoms with E-state index >= 15 is 0 Å². The molecule has 0 radical (unpaired) electrons. The Labute approximate surface area is 141 Å². The summed E-state index contributed by atoms with van der Waals surface area (Å²) in [6, 6.07) is 12.1. The lowest BCUT2D eigenvalue weighted by atomic mass is 10.0. The number of nitrogens with zero attached hydrogens (tertiary/aromatic N) is 1. The highest BCUT2D eigenvalue weighted by Gasteiger charge is 2.18. The van der Waals surface area contributed by atoms with Gasteiger partial charge in [0.25, 0.3) is 0 Å². The number of amides is 1. The number of nitrogens with one attached hydrogen (secondary N) is 1. The summed E-state index contributed by atoms with van der Waals surface area (Å²) in [7, 11) is 0. The second kappa shape index (κ2) is 8.16. The van der Waals surface area contributed by atoms with Gasteiger partial charge in [0.05, 0.1) is 0 Å². The zero-order chi connectivity index (χ0) is 15.9. The van der Waals surface area contributed by atoms with Gasteiger partial charge in [0.2, 0.25) is 5.91 Å². The van der Waals surface area contributed by atoms with E-state index in [0.29, 0.717) is 12.3 Å². The predicted octanol–water partition coefficient (Wildman–Crippen LogP) is 4.89. The molecule has 0 aliphatic heterocycles. The van der Waals surface area contributed by atoms with Crippen molar-refractivity contribution < 1.29 is 4.79 Å². The monoisotopic (exact) mass is 326 g/mol. The number of rotatable bonds is 6. The molecule has 120 valence electrons. The molecule has 1 saturated carbocycles. The average Bonchev–Trinajstić information content (AvgIpc) is 3.08. The smallest absolute Gasteiger partial charge is 0.224 e. The van der Waals surface area contributed by atoms with Crippen LogP contribution in [0, 0.1) is 5.92 Å². The van der Waals surface area contributed by atoms with Gasteiger partial charge in [0.1, 0.15) is 0 Å². The van der Waals surface area contributed by atoms with Gasteiger partial charge in [-0.2, -0.15) is 0 Å². The van der Waals surface area contributed by atoms with Crippen LogP contribution in [0.1, 0.15) is 37.7 Å². The molecule has 3 nitrogen and oxygen atoms in total. The minimum atomic E-state index is 0.146. The Kier molecular flexibility index (Phi) is 5.70. The lowest BCUT2D eigenvalue weighted by Gasteiger charge is -2.10. The normalized spacial score (nSPS) is 14.8. The Balaban J connectivity index is 1.47. The van der Waals surface area contributed by atoms with Crippen LogP contribution in [0.4, 0.5) is 5.69 Å². The lowest BCUT2D eigenvalue weighted by molar-refractivity contribution is -0.117. The highest BCUT2D eigenvalue weighted by Crippen LogP contribution is 2.28. The number of carbonyl (C=O) groups excluding carboxylic acids is 1. The van der Waals surface area contributed by atoms with Crippen LogP contribution in [0.5, 0.6) is 0 Å². The first-order chi connectivity index (χ1) is 11.3. The van der Waals surface area contributed by atoms with Gasteiger partial charge in [-0.25, -0.2) is 0 Å². The van der Waals surface area contributed by atoms with E-state index in [2.05, 4.69) is 28.5 Å². The first kappa shape index (κ1) is 16.1. The highest BCUT2D eigenvalue weighted by atomic mass is 32.2. The largest absolute Gasteiger partial charge is 0.326 e. The molecule has 4 heteroatoms. The van der Waals surface area contributed by atoms with E-state index in [1.54, 1.807) is 18.0 Å². The van der Waals surface area contributed by atoms with E-state index in [4.69, 9.17) is 0 Å². The van der Waals surface area contributed by atoms with Crippen molar-refractivity contribution in [3.8, 4) is 0 Å². The van der Waals surface area contributed by atoms with Crippen LogP contribution in [0.2, 0.25) is 0 Å². The quantitative estimate of drug-likeness (QED) is 0.768.